The van der Waals surface area contributed by atoms with E-state index in [1.807, 2.05) is 43.3 Å². The van der Waals surface area contributed by atoms with Crippen LogP contribution < -0.4 is 4.72 Å². The fourth-order valence-corrected chi connectivity index (χ4v) is 4.69. The fraction of sp³-hybridized carbons (Fsp3) is 0.364. The molecule has 0 aliphatic heterocycles. The summed E-state index contributed by atoms with van der Waals surface area (Å²) >= 11 is 0. The molecule has 27 heavy (non-hydrogen) atoms. The largest absolute Gasteiger partial charge is 0.301 e. The summed E-state index contributed by atoms with van der Waals surface area (Å²) in [6, 6.07) is 16.4. The molecule has 2 aromatic rings. The first-order valence-electron chi connectivity index (χ1n) is 9.44. The Balaban J connectivity index is 1.75. The molecule has 2 aromatic carbocycles. The van der Waals surface area contributed by atoms with Crippen LogP contribution in [0.2, 0.25) is 0 Å². The number of allylic oxidation sites excluding steroid dienone is 1. The molecule has 5 heteroatoms. The maximum atomic E-state index is 12.9. The van der Waals surface area contributed by atoms with E-state index in [0.29, 0.717) is 17.9 Å². The minimum atomic E-state index is -3.49. The van der Waals surface area contributed by atoms with Gasteiger partial charge in [0.15, 0.2) is 0 Å². The van der Waals surface area contributed by atoms with Gasteiger partial charge in [0.2, 0.25) is 10.0 Å². The smallest absolute Gasteiger partial charge is 0.236 e. The molecule has 4 nitrogen and oxygen atoms in total. The highest BCUT2D eigenvalue weighted by Crippen LogP contribution is 2.27. The van der Waals surface area contributed by atoms with E-state index < -0.39 is 10.0 Å². The first-order valence-corrected chi connectivity index (χ1v) is 10.9. The molecule has 1 aliphatic rings. The molecule has 0 saturated heterocycles. The van der Waals surface area contributed by atoms with Crippen LogP contribution in [0.1, 0.15) is 41.6 Å². The summed E-state index contributed by atoms with van der Waals surface area (Å²) < 4.78 is 28.5. The highest BCUT2D eigenvalue weighted by Gasteiger charge is 2.24. The normalized spacial score (nSPS) is 15.3. The predicted molar refractivity (Wildman–Crippen MR) is 112 cm³/mol. The van der Waals surface area contributed by atoms with Crippen LogP contribution in [-0.4, -0.2) is 34.0 Å². The lowest BCUT2D eigenvalue weighted by Gasteiger charge is -2.26. The highest BCUT2D eigenvalue weighted by molar-refractivity contribution is 7.93. The average Bonchev–Trinajstić information content (AvgIpc) is 2.68. The van der Waals surface area contributed by atoms with Crippen molar-refractivity contribution in [2.24, 2.45) is 0 Å². The van der Waals surface area contributed by atoms with E-state index in [0.717, 1.165) is 24.0 Å². The fourth-order valence-electron chi connectivity index (χ4n) is 3.47. The van der Waals surface area contributed by atoms with Gasteiger partial charge in [0.05, 0.1) is 4.91 Å². The van der Waals surface area contributed by atoms with Crippen LogP contribution in [0.5, 0.6) is 0 Å². The third-order valence-corrected chi connectivity index (χ3v) is 6.78. The minimum absolute atomic E-state index is 0.0119. The quantitative estimate of drug-likeness (QED) is 0.791. The van der Waals surface area contributed by atoms with Crippen LogP contribution in [0.3, 0.4) is 0 Å². The number of fused-ring (bicyclic) bond motifs is 1. The van der Waals surface area contributed by atoms with Crippen molar-refractivity contribution in [1.82, 2.24) is 9.62 Å². The van der Waals surface area contributed by atoms with Crippen LogP contribution >= 0.6 is 0 Å². The van der Waals surface area contributed by atoms with Gasteiger partial charge in [-0.05, 0) is 61.7 Å². The summed E-state index contributed by atoms with van der Waals surface area (Å²) in [6.07, 6.45) is 4.11. The molecule has 0 fully saturated rings. The molecule has 1 atom stereocenters. The van der Waals surface area contributed by atoms with E-state index in [-0.39, 0.29) is 6.04 Å². The number of nitrogens with zero attached hydrogens (tertiary/aromatic N) is 1. The number of sulfonamides is 1. The Bertz CT molecular complexity index is 916. The Morgan fingerprint density at radius 3 is 2.41 bits per heavy atom. The van der Waals surface area contributed by atoms with Crippen molar-refractivity contribution in [3.8, 4) is 0 Å². The number of likely N-dealkylation sites (N-methyl/N-ethyl adjacent to an activating group) is 1. The molecule has 0 heterocycles. The Kier molecular flexibility index (Phi) is 6.15. The zero-order valence-electron chi connectivity index (χ0n) is 16.3. The van der Waals surface area contributed by atoms with E-state index in [4.69, 9.17) is 0 Å². The van der Waals surface area contributed by atoms with E-state index in [2.05, 4.69) is 42.0 Å². The summed E-state index contributed by atoms with van der Waals surface area (Å²) in [4.78, 5) is 2.52. The molecule has 1 N–H and O–H groups in total. The molecule has 0 unspecified atom stereocenters. The predicted octanol–water partition coefficient (Wildman–Crippen LogP) is 3.76. The summed E-state index contributed by atoms with van der Waals surface area (Å²) in [7, 11) is 0.459. The first kappa shape index (κ1) is 19.8. The molecule has 0 bridgehead atoms. The third-order valence-electron chi connectivity index (χ3n) is 5.22. The van der Waals surface area contributed by atoms with Crippen molar-refractivity contribution in [3.05, 3.63) is 75.7 Å². The van der Waals surface area contributed by atoms with Gasteiger partial charge in [0.25, 0.3) is 0 Å². The van der Waals surface area contributed by atoms with Gasteiger partial charge in [-0.2, -0.15) is 0 Å². The second-order valence-electron chi connectivity index (χ2n) is 7.24. The number of hydrogen-bond donors (Lipinski definition) is 1. The highest BCUT2D eigenvalue weighted by atomic mass is 32.2. The van der Waals surface area contributed by atoms with E-state index >= 15 is 0 Å². The van der Waals surface area contributed by atoms with E-state index in [9.17, 15) is 8.42 Å². The molecule has 0 aromatic heterocycles. The lowest BCUT2D eigenvalue weighted by atomic mass is 9.98. The van der Waals surface area contributed by atoms with E-state index in [1.54, 1.807) is 0 Å². The molecule has 0 radical (unpaired) electrons. The minimum Gasteiger partial charge on any atom is -0.301 e. The number of aryl methyl sites for hydroxylation is 2. The Labute approximate surface area is 163 Å². The Morgan fingerprint density at radius 2 is 1.74 bits per heavy atom. The first-order chi connectivity index (χ1) is 12.9. The van der Waals surface area contributed by atoms with Crippen LogP contribution in [0.25, 0.3) is 6.08 Å². The molecule has 0 spiro atoms. The molecule has 0 saturated carbocycles. The number of rotatable bonds is 7. The van der Waals surface area contributed by atoms with Gasteiger partial charge >= 0.3 is 0 Å². The summed E-state index contributed by atoms with van der Waals surface area (Å²) in [5.41, 5.74) is 4.60. The van der Waals surface area contributed by atoms with Gasteiger partial charge in [-0.1, -0.05) is 55.5 Å². The van der Waals surface area contributed by atoms with E-state index in [1.165, 1.54) is 11.1 Å². The van der Waals surface area contributed by atoms with Crippen LogP contribution in [-0.2, 0) is 22.9 Å². The second-order valence-corrected chi connectivity index (χ2v) is 9.06. The molecule has 0 amide bonds. The van der Waals surface area contributed by atoms with Crippen LogP contribution in [0.4, 0.5) is 0 Å². The zero-order chi connectivity index (χ0) is 19.4. The third kappa shape index (κ3) is 4.67. The second kappa shape index (κ2) is 8.38. The summed E-state index contributed by atoms with van der Waals surface area (Å²) in [5.74, 6) is 0. The number of nitrogens with one attached hydrogen (secondary N) is 1. The van der Waals surface area contributed by atoms with Crippen LogP contribution in [0.15, 0.2) is 53.4 Å². The Morgan fingerprint density at radius 1 is 1.04 bits per heavy atom. The maximum absolute atomic E-state index is 12.9. The van der Waals surface area contributed by atoms with Crippen LogP contribution in [0, 0.1) is 0 Å². The van der Waals surface area contributed by atoms with Crippen molar-refractivity contribution >= 4 is 16.1 Å². The van der Waals surface area contributed by atoms with Gasteiger partial charge in [-0.25, -0.2) is 13.1 Å². The van der Waals surface area contributed by atoms with Gasteiger partial charge in [0.1, 0.15) is 0 Å². The number of benzene rings is 2. The summed E-state index contributed by atoms with van der Waals surface area (Å²) in [6.45, 7) is 2.47. The maximum Gasteiger partial charge on any atom is 0.236 e. The zero-order valence-corrected chi connectivity index (χ0v) is 17.1. The SMILES string of the molecule is CCc1ccc([C@H](CNS(=O)(=O)C2=Cc3ccccc3CC2)N(C)C)cc1. The summed E-state index contributed by atoms with van der Waals surface area (Å²) in [5, 5.41) is 0. The molecular weight excluding hydrogens is 356 g/mol. The van der Waals surface area contributed by atoms with Gasteiger partial charge in [-0.15, -0.1) is 0 Å². The molecular formula is C22H28N2O2S. The van der Waals surface area contributed by atoms with Gasteiger partial charge in [-0.3, -0.25) is 0 Å². The van der Waals surface area contributed by atoms with Crippen molar-refractivity contribution in [3.63, 3.8) is 0 Å². The standard InChI is InChI=1S/C22H28N2O2S/c1-4-17-9-11-19(12-10-17)22(24(2)3)16-23-27(25,26)21-14-13-18-7-5-6-8-20(18)15-21/h5-12,15,22-23H,4,13-14,16H2,1-3H3/t22-/m0/s1. The van der Waals surface area contributed by atoms with Gasteiger partial charge < -0.3 is 4.90 Å². The lowest BCUT2D eigenvalue weighted by molar-refractivity contribution is 0.299. The lowest BCUT2D eigenvalue weighted by Crippen LogP contribution is -2.35. The number of hydrogen-bond acceptors (Lipinski definition) is 3. The topological polar surface area (TPSA) is 49.4 Å². The van der Waals surface area contributed by atoms with Crippen molar-refractivity contribution in [1.29, 1.82) is 0 Å². The Hall–Kier alpha value is -1.95. The van der Waals surface area contributed by atoms with Crippen molar-refractivity contribution in [2.75, 3.05) is 20.6 Å². The molecule has 1 aliphatic carbocycles. The monoisotopic (exact) mass is 384 g/mol. The average molecular weight is 385 g/mol. The van der Waals surface area contributed by atoms with Crippen molar-refractivity contribution < 1.29 is 8.42 Å². The molecule has 3 rings (SSSR count). The molecule has 144 valence electrons. The van der Waals surface area contributed by atoms with Crippen molar-refractivity contribution in [2.45, 2.75) is 32.2 Å². The van der Waals surface area contributed by atoms with Gasteiger partial charge in [0, 0.05) is 12.6 Å².